The van der Waals surface area contributed by atoms with Crippen LogP contribution in [0.4, 0.5) is 0 Å². The van der Waals surface area contributed by atoms with E-state index >= 15 is 0 Å². The minimum absolute atomic E-state index is 1.17. The first-order valence-electron chi connectivity index (χ1n) is 13.0. The zero-order chi connectivity index (χ0) is 23.1. The maximum absolute atomic E-state index is 2.39. The van der Waals surface area contributed by atoms with Gasteiger partial charge in [0.1, 0.15) is 0 Å². The second-order valence-electron chi connectivity index (χ2n) is 9.94. The van der Waals surface area contributed by atoms with Gasteiger partial charge in [0.25, 0.3) is 0 Å². The van der Waals surface area contributed by atoms with Crippen LogP contribution in [0.2, 0.25) is 0 Å². The molecule has 0 radical (unpaired) electrons. The minimum atomic E-state index is 1.17. The highest BCUT2D eigenvalue weighted by molar-refractivity contribution is 6.20. The van der Waals surface area contributed by atoms with Crippen molar-refractivity contribution in [2.24, 2.45) is 0 Å². The lowest BCUT2D eigenvalue weighted by atomic mass is 9.92. The first kappa shape index (κ1) is 21.2. The first-order chi connectivity index (χ1) is 16.7. The molecule has 0 heteroatoms. The van der Waals surface area contributed by atoms with Gasteiger partial charge < -0.3 is 0 Å². The molecule has 0 aliphatic carbocycles. The van der Waals surface area contributed by atoms with E-state index in [-0.39, 0.29) is 0 Å². The average Bonchev–Trinajstić information content (AvgIpc) is 2.87. The Labute approximate surface area is 202 Å². The number of hydrogen-bond donors (Lipinski definition) is 0. The van der Waals surface area contributed by atoms with Gasteiger partial charge in [-0.15, -0.1) is 0 Å². The fourth-order valence-corrected chi connectivity index (χ4v) is 5.54. The van der Waals surface area contributed by atoms with Crippen molar-refractivity contribution in [2.45, 2.75) is 52.4 Å². The number of benzene rings is 6. The van der Waals surface area contributed by atoms with Crippen molar-refractivity contribution < 1.29 is 0 Å². The molecule has 0 bridgehead atoms. The molecule has 0 N–H and O–H groups in total. The lowest BCUT2D eigenvalue weighted by Crippen LogP contribution is -1.87. The molecule has 0 spiro atoms. The molecule has 0 nitrogen and oxygen atoms in total. The SMILES string of the molecule is CCCCc1ccc2cc3c(ccc4c5cc6ccc(CCCC)cc6cc5ccc34)cc2c1. The van der Waals surface area contributed by atoms with Crippen LogP contribution in [0.15, 0.2) is 84.9 Å². The Morgan fingerprint density at radius 2 is 0.824 bits per heavy atom. The van der Waals surface area contributed by atoms with Crippen LogP contribution in [0, 0.1) is 0 Å². The molecule has 0 aromatic heterocycles. The Morgan fingerprint density at radius 1 is 0.382 bits per heavy atom. The van der Waals surface area contributed by atoms with E-state index in [1.807, 2.05) is 0 Å². The van der Waals surface area contributed by atoms with Gasteiger partial charge in [0, 0.05) is 0 Å². The van der Waals surface area contributed by atoms with Gasteiger partial charge in [-0.25, -0.2) is 0 Å². The highest BCUT2D eigenvalue weighted by Crippen LogP contribution is 2.35. The van der Waals surface area contributed by atoms with Crippen LogP contribution < -0.4 is 0 Å². The topological polar surface area (TPSA) is 0 Å². The summed E-state index contributed by atoms with van der Waals surface area (Å²) in [5.41, 5.74) is 2.90. The molecule has 0 saturated carbocycles. The summed E-state index contributed by atoms with van der Waals surface area (Å²) in [6.07, 6.45) is 7.33. The molecule has 0 aliphatic rings. The monoisotopic (exact) mass is 440 g/mol. The van der Waals surface area contributed by atoms with Crippen LogP contribution in [0.5, 0.6) is 0 Å². The molecule has 0 heterocycles. The van der Waals surface area contributed by atoms with E-state index in [2.05, 4.69) is 98.8 Å². The van der Waals surface area contributed by atoms with Crippen LogP contribution in [0.25, 0.3) is 53.9 Å². The first-order valence-corrected chi connectivity index (χ1v) is 13.0. The Morgan fingerprint density at radius 3 is 1.26 bits per heavy atom. The summed E-state index contributed by atoms with van der Waals surface area (Å²) in [7, 11) is 0. The summed E-state index contributed by atoms with van der Waals surface area (Å²) in [4.78, 5) is 0. The maximum Gasteiger partial charge on any atom is -0.00987 e. The minimum Gasteiger partial charge on any atom is -0.0654 e. The molecule has 0 saturated heterocycles. The third-order valence-electron chi connectivity index (χ3n) is 7.51. The van der Waals surface area contributed by atoms with Gasteiger partial charge in [-0.2, -0.15) is 0 Å². The molecule has 0 atom stereocenters. The number of aryl methyl sites for hydroxylation is 2. The Balaban J connectivity index is 1.51. The van der Waals surface area contributed by atoms with Crippen molar-refractivity contribution in [2.75, 3.05) is 0 Å². The smallest absolute Gasteiger partial charge is 0.00987 e. The second kappa shape index (κ2) is 8.76. The van der Waals surface area contributed by atoms with Gasteiger partial charge in [0.2, 0.25) is 0 Å². The van der Waals surface area contributed by atoms with Crippen molar-refractivity contribution in [3.63, 3.8) is 0 Å². The van der Waals surface area contributed by atoms with Gasteiger partial charge in [0.15, 0.2) is 0 Å². The van der Waals surface area contributed by atoms with E-state index in [0.717, 1.165) is 0 Å². The molecule has 34 heavy (non-hydrogen) atoms. The third kappa shape index (κ3) is 3.72. The molecule has 6 aromatic carbocycles. The molecule has 0 amide bonds. The molecule has 0 fully saturated rings. The molecular formula is C34H32. The van der Waals surface area contributed by atoms with Crippen LogP contribution in [-0.2, 0) is 12.8 Å². The Bertz CT molecular complexity index is 1540. The maximum atomic E-state index is 2.39. The molecule has 6 rings (SSSR count). The van der Waals surface area contributed by atoms with Crippen molar-refractivity contribution in [3.8, 4) is 0 Å². The van der Waals surface area contributed by atoms with Crippen molar-refractivity contribution in [3.05, 3.63) is 96.1 Å². The molecule has 6 aromatic rings. The number of fused-ring (bicyclic) bond motifs is 7. The largest absolute Gasteiger partial charge is 0.0654 e. The van der Waals surface area contributed by atoms with E-state index in [9.17, 15) is 0 Å². The molecule has 168 valence electrons. The van der Waals surface area contributed by atoms with Gasteiger partial charge >= 0.3 is 0 Å². The summed E-state index contributed by atoms with van der Waals surface area (Å²) >= 11 is 0. The summed E-state index contributed by atoms with van der Waals surface area (Å²) < 4.78 is 0. The average molecular weight is 441 g/mol. The quantitative estimate of drug-likeness (QED) is 0.178. The Kier molecular flexibility index (Phi) is 5.46. The van der Waals surface area contributed by atoms with Crippen molar-refractivity contribution >= 4 is 53.9 Å². The van der Waals surface area contributed by atoms with E-state index in [4.69, 9.17) is 0 Å². The van der Waals surface area contributed by atoms with Gasteiger partial charge in [-0.3, -0.25) is 0 Å². The van der Waals surface area contributed by atoms with Gasteiger partial charge in [-0.1, -0.05) is 87.4 Å². The Hall–Kier alpha value is -3.38. The van der Waals surface area contributed by atoms with E-state index in [1.165, 1.54) is 104 Å². The number of hydrogen-bond acceptors (Lipinski definition) is 0. The third-order valence-corrected chi connectivity index (χ3v) is 7.51. The zero-order valence-electron chi connectivity index (χ0n) is 20.3. The van der Waals surface area contributed by atoms with Crippen LogP contribution in [0.3, 0.4) is 0 Å². The van der Waals surface area contributed by atoms with Crippen LogP contribution in [-0.4, -0.2) is 0 Å². The summed E-state index contributed by atoms with van der Waals surface area (Å²) in [5.74, 6) is 0. The van der Waals surface area contributed by atoms with Crippen molar-refractivity contribution in [1.29, 1.82) is 0 Å². The zero-order valence-corrected chi connectivity index (χ0v) is 20.3. The predicted octanol–water partition coefficient (Wildman–Crippen LogP) is 10.1. The number of unbranched alkanes of at least 4 members (excludes halogenated alkanes) is 2. The van der Waals surface area contributed by atoms with E-state index in [1.54, 1.807) is 0 Å². The highest BCUT2D eigenvalue weighted by atomic mass is 14.1. The lowest BCUT2D eigenvalue weighted by Gasteiger charge is -2.11. The summed E-state index contributed by atoms with van der Waals surface area (Å²) in [6, 6.07) is 32.8. The fraction of sp³-hybridized carbons (Fsp3) is 0.235. The van der Waals surface area contributed by atoms with Crippen LogP contribution in [0.1, 0.15) is 50.7 Å². The molecular weight excluding hydrogens is 408 g/mol. The summed E-state index contributed by atoms with van der Waals surface area (Å²) in [5, 5.41) is 13.4. The highest BCUT2D eigenvalue weighted by Gasteiger charge is 2.08. The summed E-state index contributed by atoms with van der Waals surface area (Å²) in [6.45, 7) is 4.52. The predicted molar refractivity (Wildman–Crippen MR) is 151 cm³/mol. The van der Waals surface area contributed by atoms with Gasteiger partial charge in [0.05, 0.1) is 0 Å². The van der Waals surface area contributed by atoms with Gasteiger partial charge in [-0.05, 0) is 115 Å². The van der Waals surface area contributed by atoms with E-state index in [0.29, 0.717) is 0 Å². The van der Waals surface area contributed by atoms with Crippen molar-refractivity contribution in [1.82, 2.24) is 0 Å². The standard InChI is InChI=1S/C34H32/c1-3-5-7-23-9-11-25-21-33-27(19-29(25)17-23)13-15-32-31(33)16-14-28-20-30-18-24(8-6-4-2)10-12-26(30)22-34(28)32/h9-22H,3-8H2,1-2H3. The van der Waals surface area contributed by atoms with E-state index < -0.39 is 0 Å². The molecule has 0 unspecified atom stereocenters. The normalized spacial score (nSPS) is 11.9. The fourth-order valence-electron chi connectivity index (χ4n) is 5.54. The van der Waals surface area contributed by atoms with Crippen LogP contribution >= 0.6 is 0 Å². The number of rotatable bonds is 6. The molecule has 0 aliphatic heterocycles. The lowest BCUT2D eigenvalue weighted by molar-refractivity contribution is 0.796. The second-order valence-corrected chi connectivity index (χ2v) is 9.94.